The van der Waals surface area contributed by atoms with Gasteiger partial charge in [-0.1, -0.05) is 24.3 Å². The van der Waals surface area contributed by atoms with Crippen molar-refractivity contribution in [3.05, 3.63) is 92.3 Å². The molecule has 9 heteroatoms. The van der Waals surface area contributed by atoms with Gasteiger partial charge >= 0.3 is 5.97 Å². The van der Waals surface area contributed by atoms with Crippen LogP contribution in [0.1, 0.15) is 49.7 Å². The van der Waals surface area contributed by atoms with Crippen LogP contribution in [0.5, 0.6) is 5.75 Å². The lowest BCUT2D eigenvalue weighted by Crippen LogP contribution is -2.36. The maximum Gasteiger partial charge on any atom is 0.336 e. The standard InChI is InChI=1S/C28H30N2O7/c1-4-36-13-14-37-28(32)25-17(2)29-23-15-20(18-7-11-22(35-3)12-8-18)16-24(31)27(23)26(25)19-5-9-21(10-6-19)30(33)34/h5-12,20,26,29H,4,13-16H2,1-3H3/t20-,26-/m0/s1. The molecule has 0 saturated heterocycles. The van der Waals surface area contributed by atoms with Gasteiger partial charge in [-0.2, -0.15) is 0 Å². The number of methoxy groups -OCH3 is 1. The Morgan fingerprint density at radius 2 is 1.73 bits per heavy atom. The molecule has 0 amide bonds. The molecule has 1 aliphatic heterocycles. The second kappa shape index (κ2) is 11.4. The van der Waals surface area contributed by atoms with Gasteiger partial charge in [-0.3, -0.25) is 14.9 Å². The first kappa shape index (κ1) is 26.1. The third kappa shape index (κ3) is 5.56. The molecule has 0 saturated carbocycles. The molecular weight excluding hydrogens is 476 g/mol. The van der Waals surface area contributed by atoms with Gasteiger partial charge in [-0.05, 0) is 49.4 Å². The van der Waals surface area contributed by atoms with E-state index in [1.807, 2.05) is 31.2 Å². The average Bonchev–Trinajstić information content (AvgIpc) is 2.90. The zero-order valence-corrected chi connectivity index (χ0v) is 21.1. The topological polar surface area (TPSA) is 117 Å². The number of dihydropyridines is 1. The Bertz CT molecular complexity index is 1250. The fourth-order valence-corrected chi connectivity index (χ4v) is 4.96. The molecule has 37 heavy (non-hydrogen) atoms. The molecule has 1 heterocycles. The number of ether oxygens (including phenoxy) is 3. The second-order valence-corrected chi connectivity index (χ2v) is 8.97. The lowest BCUT2D eigenvalue weighted by atomic mass is 9.71. The van der Waals surface area contributed by atoms with Gasteiger partial charge in [0, 0.05) is 48.0 Å². The van der Waals surface area contributed by atoms with E-state index < -0.39 is 16.8 Å². The number of hydrogen-bond acceptors (Lipinski definition) is 8. The highest BCUT2D eigenvalue weighted by Crippen LogP contribution is 2.46. The fraction of sp³-hybridized carbons (Fsp3) is 0.357. The summed E-state index contributed by atoms with van der Waals surface area (Å²) in [4.78, 5) is 37.6. The Morgan fingerprint density at radius 1 is 1.05 bits per heavy atom. The molecule has 2 aromatic rings. The number of Topliss-reactive ketones (excluding diaryl/α,β-unsaturated/α-hetero) is 1. The first-order valence-electron chi connectivity index (χ1n) is 12.2. The summed E-state index contributed by atoms with van der Waals surface area (Å²) in [6, 6.07) is 13.6. The van der Waals surface area contributed by atoms with E-state index in [0.717, 1.165) is 17.0 Å². The summed E-state index contributed by atoms with van der Waals surface area (Å²) in [5.74, 6) is -0.614. The average molecular weight is 507 g/mol. The quantitative estimate of drug-likeness (QED) is 0.228. The van der Waals surface area contributed by atoms with Crippen molar-refractivity contribution < 1.29 is 28.7 Å². The Morgan fingerprint density at radius 3 is 2.35 bits per heavy atom. The number of non-ortho nitro benzene ring substituents is 1. The van der Waals surface area contributed by atoms with Crippen LogP contribution in [0.25, 0.3) is 0 Å². The monoisotopic (exact) mass is 506 g/mol. The van der Waals surface area contributed by atoms with E-state index >= 15 is 0 Å². The highest BCUT2D eigenvalue weighted by Gasteiger charge is 2.41. The summed E-state index contributed by atoms with van der Waals surface area (Å²) < 4.78 is 16.0. The summed E-state index contributed by atoms with van der Waals surface area (Å²) in [6.45, 7) is 4.48. The van der Waals surface area contributed by atoms with Gasteiger partial charge in [0.05, 0.1) is 24.2 Å². The van der Waals surface area contributed by atoms with Crippen LogP contribution in [-0.4, -0.2) is 43.6 Å². The Labute approximate surface area is 215 Å². The zero-order chi connectivity index (χ0) is 26.5. The largest absolute Gasteiger partial charge is 0.497 e. The predicted molar refractivity (Wildman–Crippen MR) is 136 cm³/mol. The van der Waals surface area contributed by atoms with E-state index in [-0.39, 0.29) is 37.0 Å². The number of esters is 1. The molecule has 0 spiro atoms. The summed E-state index contributed by atoms with van der Waals surface area (Å²) in [5, 5.41) is 14.5. The number of carbonyl (C=O) groups is 2. The molecule has 0 radical (unpaired) electrons. The molecule has 4 rings (SSSR count). The van der Waals surface area contributed by atoms with Gasteiger partial charge in [0.2, 0.25) is 0 Å². The third-order valence-electron chi connectivity index (χ3n) is 6.74. The number of ketones is 1. The first-order valence-corrected chi connectivity index (χ1v) is 12.2. The maximum atomic E-state index is 13.6. The van der Waals surface area contributed by atoms with Crippen LogP contribution in [0.2, 0.25) is 0 Å². The fourth-order valence-electron chi connectivity index (χ4n) is 4.96. The molecule has 0 unspecified atom stereocenters. The minimum absolute atomic E-state index is 0.0327. The molecule has 1 N–H and O–H groups in total. The molecule has 2 aromatic carbocycles. The van der Waals surface area contributed by atoms with Crippen LogP contribution in [0.4, 0.5) is 5.69 Å². The van der Waals surface area contributed by atoms with Crippen molar-refractivity contribution in [2.75, 3.05) is 26.9 Å². The molecule has 0 aromatic heterocycles. The zero-order valence-electron chi connectivity index (χ0n) is 21.1. The van der Waals surface area contributed by atoms with E-state index in [0.29, 0.717) is 35.4 Å². The van der Waals surface area contributed by atoms with Crippen molar-refractivity contribution >= 4 is 17.4 Å². The number of nitro groups is 1. The number of hydrogen-bond donors (Lipinski definition) is 1. The maximum absolute atomic E-state index is 13.6. The summed E-state index contributed by atoms with van der Waals surface area (Å²) in [5.41, 5.74) is 3.74. The second-order valence-electron chi connectivity index (χ2n) is 8.97. The van der Waals surface area contributed by atoms with Crippen LogP contribution in [-0.2, 0) is 19.1 Å². The van der Waals surface area contributed by atoms with Crippen LogP contribution in [0, 0.1) is 10.1 Å². The van der Waals surface area contributed by atoms with Crippen LogP contribution in [0.3, 0.4) is 0 Å². The lowest BCUT2D eigenvalue weighted by Gasteiger charge is -2.36. The van der Waals surface area contributed by atoms with Crippen LogP contribution in [0.15, 0.2) is 71.1 Å². The van der Waals surface area contributed by atoms with Crippen molar-refractivity contribution in [2.24, 2.45) is 0 Å². The highest BCUT2D eigenvalue weighted by atomic mass is 16.6. The number of carbonyl (C=O) groups excluding carboxylic acids is 2. The van der Waals surface area contributed by atoms with Gasteiger partial charge in [0.15, 0.2) is 5.78 Å². The van der Waals surface area contributed by atoms with Gasteiger partial charge in [0.25, 0.3) is 5.69 Å². The highest BCUT2D eigenvalue weighted by molar-refractivity contribution is 6.04. The van der Waals surface area contributed by atoms with Gasteiger partial charge in [-0.25, -0.2) is 4.79 Å². The number of rotatable bonds is 9. The number of benzene rings is 2. The molecule has 0 fully saturated rings. The van der Waals surface area contributed by atoms with Crippen molar-refractivity contribution in [1.29, 1.82) is 0 Å². The Hall–Kier alpha value is -3.98. The van der Waals surface area contributed by atoms with Crippen molar-refractivity contribution in [2.45, 2.75) is 38.5 Å². The Kier molecular flexibility index (Phi) is 8.03. The smallest absolute Gasteiger partial charge is 0.336 e. The van der Waals surface area contributed by atoms with E-state index in [1.165, 1.54) is 12.1 Å². The van der Waals surface area contributed by atoms with E-state index in [1.54, 1.807) is 26.2 Å². The van der Waals surface area contributed by atoms with E-state index in [9.17, 15) is 19.7 Å². The van der Waals surface area contributed by atoms with Crippen molar-refractivity contribution in [3.63, 3.8) is 0 Å². The Balaban J connectivity index is 1.71. The van der Waals surface area contributed by atoms with Crippen LogP contribution >= 0.6 is 0 Å². The van der Waals surface area contributed by atoms with Crippen molar-refractivity contribution in [1.82, 2.24) is 5.32 Å². The van der Waals surface area contributed by atoms with Crippen LogP contribution < -0.4 is 10.1 Å². The molecule has 1 aliphatic carbocycles. The molecular formula is C28H30N2O7. The molecule has 0 bridgehead atoms. The minimum atomic E-state index is -0.694. The van der Waals surface area contributed by atoms with Gasteiger partial charge in [-0.15, -0.1) is 0 Å². The molecule has 194 valence electrons. The first-order chi connectivity index (χ1) is 17.8. The lowest BCUT2D eigenvalue weighted by molar-refractivity contribution is -0.384. The van der Waals surface area contributed by atoms with E-state index in [4.69, 9.17) is 14.2 Å². The summed E-state index contributed by atoms with van der Waals surface area (Å²) in [6.07, 6.45) is 0.864. The number of allylic oxidation sites excluding steroid dienone is 3. The number of nitro benzene ring substituents is 1. The normalized spacial score (nSPS) is 19.3. The van der Waals surface area contributed by atoms with Gasteiger partial charge < -0.3 is 19.5 Å². The molecule has 2 atom stereocenters. The van der Waals surface area contributed by atoms with Gasteiger partial charge in [0.1, 0.15) is 12.4 Å². The predicted octanol–water partition coefficient (Wildman–Crippen LogP) is 4.54. The third-order valence-corrected chi connectivity index (χ3v) is 6.74. The van der Waals surface area contributed by atoms with Crippen molar-refractivity contribution in [3.8, 4) is 5.75 Å². The summed E-state index contributed by atoms with van der Waals surface area (Å²) >= 11 is 0. The minimum Gasteiger partial charge on any atom is -0.497 e. The SMILES string of the molecule is CCOCCOC(=O)C1=C(C)NC2=C(C(=O)C[C@@H](c3ccc(OC)cc3)C2)[C@H]1c1ccc([N+](=O)[O-])cc1. The summed E-state index contributed by atoms with van der Waals surface area (Å²) in [7, 11) is 1.61. The number of nitrogens with one attached hydrogen (secondary N) is 1. The molecule has 2 aliphatic rings. The van der Waals surface area contributed by atoms with E-state index in [2.05, 4.69) is 5.32 Å². The number of nitrogens with zero attached hydrogens (tertiary/aromatic N) is 1. The molecule has 9 nitrogen and oxygen atoms in total.